The third-order valence-corrected chi connectivity index (χ3v) is 5.69. The van der Waals surface area contributed by atoms with Gasteiger partial charge in [0.05, 0.1) is 18.5 Å². The smallest absolute Gasteiger partial charge is 0.161 e. The maximum absolute atomic E-state index is 12.0. The highest BCUT2D eigenvalue weighted by molar-refractivity contribution is 8.00. The second kappa shape index (κ2) is 7.53. The Labute approximate surface area is 146 Å². The van der Waals surface area contributed by atoms with Gasteiger partial charge in [-0.1, -0.05) is 24.4 Å². The zero-order chi connectivity index (χ0) is 16.2. The lowest BCUT2D eigenvalue weighted by Crippen LogP contribution is -2.38. The van der Waals surface area contributed by atoms with Crippen molar-refractivity contribution in [2.75, 3.05) is 26.0 Å². The number of ketones is 1. The first-order valence-corrected chi connectivity index (χ1v) is 9.34. The molecule has 6 heteroatoms. The number of carbonyl (C=O) groups excluding carboxylic acids is 1. The molecule has 23 heavy (non-hydrogen) atoms. The lowest BCUT2D eigenvalue weighted by atomic mass is 10.2. The summed E-state index contributed by atoms with van der Waals surface area (Å²) in [7, 11) is 1.64. The van der Waals surface area contributed by atoms with Gasteiger partial charge in [0.1, 0.15) is 17.8 Å². The Bertz CT molecular complexity index is 589. The number of para-hydroxylation sites is 2. The van der Waals surface area contributed by atoms with Crippen molar-refractivity contribution in [3.8, 4) is 11.5 Å². The van der Waals surface area contributed by atoms with Crippen molar-refractivity contribution in [2.24, 2.45) is 5.92 Å². The summed E-state index contributed by atoms with van der Waals surface area (Å²) in [5.41, 5.74) is 0. The fraction of sp³-hybridized carbons (Fsp3) is 0.529. The average molecular weight is 351 g/mol. The Morgan fingerprint density at radius 3 is 2.78 bits per heavy atom. The van der Waals surface area contributed by atoms with Gasteiger partial charge in [-0.2, -0.15) is 0 Å². The van der Waals surface area contributed by atoms with Crippen LogP contribution in [0.3, 0.4) is 0 Å². The number of hydrogen-bond donors (Lipinski definition) is 0. The lowest BCUT2D eigenvalue weighted by molar-refractivity contribution is -0.119. The Balaban J connectivity index is 1.56. The molecule has 1 unspecified atom stereocenters. The van der Waals surface area contributed by atoms with Gasteiger partial charge in [-0.05, 0) is 25.0 Å². The Morgan fingerprint density at radius 1 is 1.35 bits per heavy atom. The summed E-state index contributed by atoms with van der Waals surface area (Å²) in [6.45, 7) is 1.42. The van der Waals surface area contributed by atoms with Crippen LogP contribution in [0.15, 0.2) is 24.3 Å². The molecule has 1 heterocycles. The van der Waals surface area contributed by atoms with Gasteiger partial charge >= 0.3 is 0 Å². The minimum Gasteiger partial charge on any atom is -0.493 e. The van der Waals surface area contributed by atoms with Crippen molar-refractivity contribution in [1.82, 2.24) is 4.90 Å². The van der Waals surface area contributed by atoms with Crippen LogP contribution < -0.4 is 9.47 Å². The highest BCUT2D eigenvalue weighted by atomic mass is 32.2. The molecule has 1 aromatic carbocycles. The van der Waals surface area contributed by atoms with Gasteiger partial charge in [-0.3, -0.25) is 4.79 Å². The predicted octanol–water partition coefficient (Wildman–Crippen LogP) is 3.15. The van der Waals surface area contributed by atoms with Crippen molar-refractivity contribution < 1.29 is 14.3 Å². The topological polar surface area (TPSA) is 38.8 Å². The third-order valence-electron chi connectivity index (χ3n) is 4.12. The van der Waals surface area contributed by atoms with E-state index in [1.165, 1.54) is 0 Å². The van der Waals surface area contributed by atoms with Crippen molar-refractivity contribution in [3.05, 3.63) is 24.3 Å². The van der Waals surface area contributed by atoms with Crippen LogP contribution >= 0.6 is 24.0 Å². The van der Waals surface area contributed by atoms with E-state index in [0.717, 1.165) is 41.6 Å². The van der Waals surface area contributed by atoms with Crippen LogP contribution in [0.25, 0.3) is 0 Å². The molecule has 1 aliphatic carbocycles. The van der Waals surface area contributed by atoms with Crippen molar-refractivity contribution in [3.63, 3.8) is 0 Å². The molecule has 2 aliphatic rings. The molecule has 124 valence electrons. The molecule has 3 rings (SSSR count). The lowest BCUT2D eigenvalue weighted by Gasteiger charge is -2.26. The van der Waals surface area contributed by atoms with E-state index in [9.17, 15) is 4.79 Å². The Morgan fingerprint density at radius 2 is 2.09 bits per heavy atom. The number of thioether (sulfide) groups is 1. The molecule has 0 amide bonds. The predicted molar refractivity (Wildman–Crippen MR) is 96.4 cm³/mol. The van der Waals surface area contributed by atoms with Gasteiger partial charge in [0.2, 0.25) is 0 Å². The average Bonchev–Trinajstić information content (AvgIpc) is 3.31. The van der Waals surface area contributed by atoms with E-state index >= 15 is 0 Å². The molecule has 4 nitrogen and oxygen atoms in total. The first-order chi connectivity index (χ1) is 11.2. The van der Waals surface area contributed by atoms with Crippen LogP contribution in [0.4, 0.5) is 0 Å². The standard InChI is InChI=1S/C17H21NO3S2/c1-20-14-4-2-3-5-15(14)21-11-17-18(8-9-23-17)16(22)10-13(19)12-6-7-12/h2-5,12,17H,6-11H2,1H3. The zero-order valence-electron chi connectivity index (χ0n) is 13.2. The first-order valence-electron chi connectivity index (χ1n) is 7.88. The summed E-state index contributed by atoms with van der Waals surface area (Å²) >= 11 is 7.33. The summed E-state index contributed by atoms with van der Waals surface area (Å²) in [6.07, 6.45) is 2.48. The first kappa shape index (κ1) is 16.6. The maximum atomic E-state index is 12.0. The van der Waals surface area contributed by atoms with Gasteiger partial charge in [-0.15, -0.1) is 11.8 Å². The Kier molecular flexibility index (Phi) is 5.43. The van der Waals surface area contributed by atoms with Crippen molar-refractivity contribution in [2.45, 2.75) is 24.6 Å². The summed E-state index contributed by atoms with van der Waals surface area (Å²) in [5.74, 6) is 3.05. The van der Waals surface area contributed by atoms with Crippen LogP contribution in [0.5, 0.6) is 11.5 Å². The summed E-state index contributed by atoms with van der Waals surface area (Å²) < 4.78 is 11.2. The van der Waals surface area contributed by atoms with Crippen LogP contribution in [-0.4, -0.2) is 47.1 Å². The molecule has 0 N–H and O–H groups in total. The molecule has 0 radical (unpaired) electrons. The highest BCUT2D eigenvalue weighted by Gasteiger charge is 2.33. The van der Waals surface area contributed by atoms with Gasteiger partial charge in [0.15, 0.2) is 11.5 Å². The van der Waals surface area contributed by atoms with Gasteiger partial charge in [-0.25, -0.2) is 0 Å². The van der Waals surface area contributed by atoms with E-state index in [1.807, 2.05) is 36.0 Å². The summed E-state index contributed by atoms with van der Waals surface area (Å²) in [5, 5.41) is 0.166. The van der Waals surface area contributed by atoms with Gasteiger partial charge in [0, 0.05) is 18.2 Å². The molecular formula is C17H21NO3S2. The third kappa shape index (κ3) is 4.18. The highest BCUT2D eigenvalue weighted by Crippen LogP contribution is 2.33. The van der Waals surface area contributed by atoms with Crippen LogP contribution in [-0.2, 0) is 4.79 Å². The van der Waals surface area contributed by atoms with E-state index < -0.39 is 0 Å². The second-order valence-electron chi connectivity index (χ2n) is 5.79. The van der Waals surface area contributed by atoms with E-state index in [0.29, 0.717) is 18.8 Å². The minimum absolute atomic E-state index is 0.166. The van der Waals surface area contributed by atoms with E-state index in [-0.39, 0.29) is 11.3 Å². The molecule has 2 fully saturated rings. The summed E-state index contributed by atoms with van der Waals surface area (Å²) in [4.78, 5) is 14.9. The molecular weight excluding hydrogens is 330 g/mol. The minimum atomic E-state index is 0.166. The number of ether oxygens (including phenoxy) is 2. The number of methoxy groups -OCH3 is 1. The van der Waals surface area contributed by atoms with Gasteiger partial charge < -0.3 is 14.4 Å². The zero-order valence-corrected chi connectivity index (χ0v) is 14.8. The van der Waals surface area contributed by atoms with Crippen LogP contribution in [0.2, 0.25) is 0 Å². The number of rotatable bonds is 7. The second-order valence-corrected chi connectivity index (χ2v) is 7.55. The molecule has 0 aromatic heterocycles. The fourth-order valence-corrected chi connectivity index (χ4v) is 4.22. The normalized spacial score (nSPS) is 20.4. The fourth-order valence-electron chi connectivity index (χ4n) is 2.64. The number of nitrogens with zero attached hydrogens (tertiary/aromatic N) is 1. The summed E-state index contributed by atoms with van der Waals surface area (Å²) in [6, 6.07) is 7.63. The molecule has 1 atom stereocenters. The Hall–Kier alpha value is -1.27. The van der Waals surface area contributed by atoms with Crippen molar-refractivity contribution in [1.29, 1.82) is 0 Å². The SMILES string of the molecule is COc1ccccc1OCC1SCCN1C(=S)CC(=O)C1CC1. The van der Waals surface area contributed by atoms with Crippen LogP contribution in [0.1, 0.15) is 19.3 Å². The quantitative estimate of drug-likeness (QED) is 0.703. The number of benzene rings is 1. The molecule has 1 saturated heterocycles. The number of carbonyl (C=O) groups is 1. The number of thiocarbonyl (C=S) groups is 1. The molecule has 0 bridgehead atoms. The molecule has 1 saturated carbocycles. The van der Waals surface area contributed by atoms with Gasteiger partial charge in [0.25, 0.3) is 0 Å². The van der Waals surface area contributed by atoms with E-state index in [1.54, 1.807) is 7.11 Å². The molecule has 1 aliphatic heterocycles. The number of hydrogen-bond acceptors (Lipinski definition) is 5. The molecule has 1 aromatic rings. The van der Waals surface area contributed by atoms with E-state index in [2.05, 4.69) is 4.90 Å². The van der Waals surface area contributed by atoms with E-state index in [4.69, 9.17) is 21.7 Å². The monoisotopic (exact) mass is 351 g/mol. The number of Topliss-reactive ketones (excluding diaryl/α,β-unsaturated/α-hetero) is 1. The molecule has 0 spiro atoms. The maximum Gasteiger partial charge on any atom is 0.161 e. The largest absolute Gasteiger partial charge is 0.493 e. The van der Waals surface area contributed by atoms with Crippen molar-refractivity contribution >= 4 is 34.8 Å². The van der Waals surface area contributed by atoms with Crippen LogP contribution in [0, 0.1) is 5.92 Å².